The third-order valence-corrected chi connectivity index (χ3v) is 7.29. The average Bonchev–Trinajstić information content (AvgIpc) is 3.53. The summed E-state index contributed by atoms with van der Waals surface area (Å²) in [7, 11) is -3.82. The number of sulfone groups is 1. The Morgan fingerprint density at radius 3 is 2.74 bits per heavy atom. The predicted molar refractivity (Wildman–Crippen MR) is 124 cm³/mol. The second-order valence-electron chi connectivity index (χ2n) is 8.31. The molecule has 166 valence electrons. The van der Waals surface area contributed by atoms with E-state index in [1.807, 2.05) is 6.26 Å². The highest BCUT2D eigenvalue weighted by Gasteiger charge is 2.34. The fourth-order valence-electron chi connectivity index (χ4n) is 3.54. The predicted octanol–water partition coefficient (Wildman–Crippen LogP) is 3.76. The largest absolute Gasteiger partial charge is 0.505 e. The van der Waals surface area contributed by atoms with E-state index in [1.165, 1.54) is 16.6 Å². The molecule has 0 unspecified atom stereocenters. The first-order valence-electron chi connectivity index (χ1n) is 10.2. The molecule has 1 aliphatic heterocycles. The van der Waals surface area contributed by atoms with Crippen LogP contribution in [0.15, 0.2) is 33.3 Å². The number of fused-ring (bicyclic) bond motifs is 1. The van der Waals surface area contributed by atoms with Crippen molar-refractivity contribution in [3.63, 3.8) is 0 Å². The van der Waals surface area contributed by atoms with Crippen LogP contribution in [0.5, 0.6) is 5.75 Å². The van der Waals surface area contributed by atoms with Crippen LogP contribution < -0.4 is 15.6 Å². The van der Waals surface area contributed by atoms with E-state index in [1.54, 1.807) is 18.2 Å². The first kappa shape index (κ1) is 21.8. The number of rotatable bonds is 7. The fourth-order valence-corrected chi connectivity index (χ4v) is 5.24. The van der Waals surface area contributed by atoms with Crippen LogP contribution in [0.25, 0.3) is 5.70 Å². The summed E-state index contributed by atoms with van der Waals surface area (Å²) in [5.74, 6) is 0.239. The Kier molecular flexibility index (Phi) is 5.78. The van der Waals surface area contributed by atoms with Gasteiger partial charge in [0.15, 0.2) is 5.75 Å². The Morgan fingerprint density at radius 2 is 2.10 bits per heavy atom. The molecule has 0 spiro atoms. The van der Waals surface area contributed by atoms with Crippen molar-refractivity contribution in [2.24, 2.45) is 5.92 Å². The van der Waals surface area contributed by atoms with Crippen LogP contribution in [0.1, 0.15) is 50.3 Å². The quantitative estimate of drug-likeness (QED) is 0.533. The molecule has 4 rings (SSSR count). The smallest absolute Gasteiger partial charge is 0.279 e. The molecule has 0 bridgehead atoms. The average molecular weight is 463 g/mol. The van der Waals surface area contributed by atoms with E-state index in [-0.39, 0.29) is 27.8 Å². The Hall–Kier alpha value is -2.46. The molecule has 2 aliphatic rings. The van der Waals surface area contributed by atoms with Gasteiger partial charge in [-0.25, -0.2) is 13.1 Å². The van der Waals surface area contributed by atoms with Crippen molar-refractivity contribution >= 4 is 38.9 Å². The van der Waals surface area contributed by atoms with E-state index in [2.05, 4.69) is 29.0 Å². The van der Waals surface area contributed by atoms with Crippen LogP contribution in [0.3, 0.4) is 0 Å². The standard InChI is InChI=1S/C21H26N4O4S2/c1-12(2)8-9-25-21(27)18(20(26)19(23-25)13-4-5-13)16-11-31(28,29)17-10-14(24-30-3)6-7-15(17)22-16/h6-7,10-13,22,24,26H,4-5,8-9H2,1-3H3. The highest BCUT2D eigenvalue weighted by atomic mass is 32.2. The number of nitrogens with one attached hydrogen (secondary N) is 2. The zero-order chi connectivity index (χ0) is 22.3. The summed E-state index contributed by atoms with van der Waals surface area (Å²) in [5.41, 5.74) is 1.02. The van der Waals surface area contributed by atoms with Gasteiger partial charge < -0.3 is 15.1 Å². The molecule has 0 saturated heterocycles. The summed E-state index contributed by atoms with van der Waals surface area (Å²) >= 11 is 1.36. The summed E-state index contributed by atoms with van der Waals surface area (Å²) < 4.78 is 30.4. The third kappa shape index (κ3) is 4.31. The molecule has 2 aromatic rings. The van der Waals surface area contributed by atoms with Gasteiger partial charge in [-0.15, -0.1) is 0 Å². The van der Waals surface area contributed by atoms with Gasteiger partial charge in [0.05, 0.1) is 21.7 Å². The molecule has 3 N–H and O–H groups in total. The first-order chi connectivity index (χ1) is 14.7. The van der Waals surface area contributed by atoms with Gasteiger partial charge in [-0.1, -0.05) is 25.8 Å². The number of anilines is 2. The van der Waals surface area contributed by atoms with Crippen LogP contribution in [-0.2, 0) is 16.4 Å². The molecule has 1 saturated carbocycles. The lowest BCUT2D eigenvalue weighted by atomic mass is 10.1. The van der Waals surface area contributed by atoms with Crippen molar-refractivity contribution < 1.29 is 13.5 Å². The molecule has 0 radical (unpaired) electrons. The van der Waals surface area contributed by atoms with Gasteiger partial charge in [0.25, 0.3) is 5.56 Å². The van der Waals surface area contributed by atoms with Crippen molar-refractivity contribution in [2.75, 3.05) is 16.3 Å². The Balaban J connectivity index is 1.83. The lowest BCUT2D eigenvalue weighted by molar-refractivity contribution is 0.428. The molecule has 8 nitrogen and oxygen atoms in total. The van der Waals surface area contributed by atoms with Gasteiger partial charge in [-0.3, -0.25) is 4.79 Å². The van der Waals surface area contributed by atoms with Gasteiger partial charge >= 0.3 is 0 Å². The summed E-state index contributed by atoms with van der Waals surface area (Å²) in [4.78, 5) is 13.3. The minimum atomic E-state index is -3.82. The maximum atomic E-state index is 13.2. The van der Waals surface area contributed by atoms with E-state index in [9.17, 15) is 18.3 Å². The number of aromatic hydroxyl groups is 1. The van der Waals surface area contributed by atoms with Crippen molar-refractivity contribution in [3.8, 4) is 5.75 Å². The normalized spacial score (nSPS) is 17.1. The Bertz CT molecular complexity index is 1210. The number of hydrogen-bond acceptors (Lipinski definition) is 8. The highest BCUT2D eigenvalue weighted by molar-refractivity contribution is 7.99. The summed E-state index contributed by atoms with van der Waals surface area (Å²) in [6, 6.07) is 4.95. The molecule has 10 heteroatoms. The third-order valence-electron chi connectivity index (χ3n) is 5.36. The Morgan fingerprint density at radius 1 is 1.35 bits per heavy atom. The topological polar surface area (TPSA) is 113 Å². The van der Waals surface area contributed by atoms with Crippen LogP contribution in [0.2, 0.25) is 0 Å². The van der Waals surface area contributed by atoms with E-state index >= 15 is 0 Å². The molecular weight excluding hydrogens is 436 g/mol. The SMILES string of the molecule is CSNc1ccc2c(c1)S(=O)(=O)C=C(c1c(O)c(C3CC3)nn(CCC(C)C)c1=O)N2. The van der Waals surface area contributed by atoms with Crippen molar-refractivity contribution in [2.45, 2.75) is 50.5 Å². The van der Waals surface area contributed by atoms with Crippen LogP contribution in [0.4, 0.5) is 11.4 Å². The van der Waals surface area contributed by atoms with E-state index < -0.39 is 15.4 Å². The number of nitrogens with zero attached hydrogens (tertiary/aromatic N) is 2. The lowest BCUT2D eigenvalue weighted by Crippen LogP contribution is -2.30. The minimum Gasteiger partial charge on any atom is -0.505 e. The monoisotopic (exact) mass is 462 g/mol. The second-order valence-corrected chi connectivity index (χ2v) is 10.7. The fraction of sp³-hybridized carbons (Fsp3) is 0.429. The van der Waals surface area contributed by atoms with Gasteiger partial charge in [-0.05, 0) is 43.4 Å². The van der Waals surface area contributed by atoms with Gasteiger partial charge in [0.2, 0.25) is 9.84 Å². The first-order valence-corrected chi connectivity index (χ1v) is 13.0. The summed E-state index contributed by atoms with van der Waals surface area (Å²) in [6.45, 7) is 4.52. The maximum absolute atomic E-state index is 13.2. The van der Waals surface area contributed by atoms with E-state index in [0.717, 1.165) is 24.7 Å². The summed E-state index contributed by atoms with van der Waals surface area (Å²) in [6.07, 6.45) is 4.38. The molecule has 2 heterocycles. The molecule has 1 aromatic carbocycles. The molecule has 31 heavy (non-hydrogen) atoms. The van der Waals surface area contributed by atoms with Gasteiger partial charge in [0, 0.05) is 24.4 Å². The van der Waals surface area contributed by atoms with Crippen LogP contribution in [0, 0.1) is 5.92 Å². The zero-order valence-corrected chi connectivity index (χ0v) is 19.3. The summed E-state index contributed by atoms with van der Waals surface area (Å²) in [5, 5.41) is 19.4. The molecule has 0 atom stereocenters. The van der Waals surface area contributed by atoms with Crippen molar-refractivity contribution in [1.29, 1.82) is 0 Å². The molecule has 1 aromatic heterocycles. The van der Waals surface area contributed by atoms with E-state index in [4.69, 9.17) is 0 Å². The number of benzene rings is 1. The highest BCUT2D eigenvalue weighted by Crippen LogP contribution is 2.45. The van der Waals surface area contributed by atoms with Gasteiger partial charge in [-0.2, -0.15) is 5.10 Å². The van der Waals surface area contributed by atoms with Gasteiger partial charge in [0.1, 0.15) is 11.3 Å². The van der Waals surface area contributed by atoms with Crippen LogP contribution >= 0.6 is 11.9 Å². The minimum absolute atomic E-state index is 0.0406. The van der Waals surface area contributed by atoms with Crippen molar-refractivity contribution in [1.82, 2.24) is 9.78 Å². The molecule has 0 amide bonds. The second kappa shape index (κ2) is 8.23. The van der Waals surface area contributed by atoms with Crippen LogP contribution in [-0.4, -0.2) is 29.6 Å². The number of aryl methyl sites for hydroxylation is 1. The molecule has 1 fully saturated rings. The number of hydrogen-bond donors (Lipinski definition) is 3. The van der Waals surface area contributed by atoms with E-state index in [0.29, 0.717) is 29.5 Å². The van der Waals surface area contributed by atoms with Crippen molar-refractivity contribution in [3.05, 3.63) is 45.2 Å². The maximum Gasteiger partial charge on any atom is 0.279 e. The molecular formula is C21H26N4O4S2. The number of aromatic nitrogens is 2. The lowest BCUT2D eigenvalue weighted by Gasteiger charge is -2.22. The zero-order valence-electron chi connectivity index (χ0n) is 17.7. The molecule has 1 aliphatic carbocycles. The Labute approximate surface area is 185 Å².